The molecule has 1 amide bonds. The third-order valence-electron chi connectivity index (χ3n) is 6.57. The van der Waals surface area contributed by atoms with Crippen molar-refractivity contribution < 1.29 is 14.3 Å². The number of nitrogens with zero attached hydrogens (tertiary/aromatic N) is 3. The van der Waals surface area contributed by atoms with Crippen molar-refractivity contribution in [2.45, 2.75) is 37.8 Å². The van der Waals surface area contributed by atoms with Gasteiger partial charge in [-0.2, -0.15) is 5.10 Å². The maximum Gasteiger partial charge on any atom is 0.276 e. The fourth-order valence-corrected chi connectivity index (χ4v) is 5.13. The number of amides is 1. The molecule has 2 aromatic carbocycles. The van der Waals surface area contributed by atoms with Gasteiger partial charge < -0.3 is 10.0 Å². The lowest BCUT2D eigenvalue weighted by Gasteiger charge is -2.43. The number of hydrogen-bond acceptors (Lipinski definition) is 4. The molecule has 1 N–H and O–H groups in total. The molecule has 3 aromatic rings. The summed E-state index contributed by atoms with van der Waals surface area (Å²) in [6.07, 6.45) is 2.63. The molecule has 7 heteroatoms. The summed E-state index contributed by atoms with van der Waals surface area (Å²) in [5.74, 6) is -1.60. The maximum absolute atomic E-state index is 14.6. The van der Waals surface area contributed by atoms with Gasteiger partial charge >= 0.3 is 0 Å². The highest BCUT2D eigenvalue weighted by atomic mass is 19.1. The Kier molecular flexibility index (Phi) is 4.61. The first-order valence-corrected chi connectivity index (χ1v) is 10.4. The molecule has 0 unspecified atom stereocenters. The first kappa shape index (κ1) is 19.5. The van der Waals surface area contributed by atoms with E-state index in [9.17, 15) is 19.1 Å². The van der Waals surface area contributed by atoms with E-state index in [1.54, 1.807) is 17.9 Å². The summed E-state index contributed by atoms with van der Waals surface area (Å²) < 4.78 is 16.1. The molecule has 1 aromatic heterocycles. The van der Waals surface area contributed by atoms with Crippen LogP contribution in [0.2, 0.25) is 0 Å². The first-order valence-electron chi connectivity index (χ1n) is 10.4. The van der Waals surface area contributed by atoms with E-state index in [0.29, 0.717) is 12.1 Å². The summed E-state index contributed by atoms with van der Waals surface area (Å²) in [4.78, 5) is 27.0. The lowest BCUT2D eigenvalue weighted by molar-refractivity contribution is 0.0565. The van der Waals surface area contributed by atoms with Crippen LogP contribution in [-0.4, -0.2) is 38.3 Å². The van der Waals surface area contributed by atoms with Crippen molar-refractivity contribution in [3.8, 4) is 5.75 Å². The van der Waals surface area contributed by atoms with E-state index in [2.05, 4.69) is 5.10 Å². The number of rotatable bonds is 3. The molecule has 0 aliphatic carbocycles. The molecule has 3 heterocycles. The Labute approximate surface area is 178 Å². The van der Waals surface area contributed by atoms with E-state index < -0.39 is 17.2 Å². The highest BCUT2D eigenvalue weighted by molar-refractivity contribution is 5.96. The zero-order valence-corrected chi connectivity index (χ0v) is 17.0. The topological polar surface area (TPSA) is 75.4 Å². The number of halogens is 1. The van der Waals surface area contributed by atoms with Crippen molar-refractivity contribution in [3.63, 3.8) is 0 Å². The maximum atomic E-state index is 14.6. The van der Waals surface area contributed by atoms with Crippen LogP contribution in [0, 0.1) is 12.7 Å². The fraction of sp³-hybridized carbons (Fsp3) is 0.292. The minimum atomic E-state index is -0.686. The molecule has 1 fully saturated rings. The van der Waals surface area contributed by atoms with Gasteiger partial charge in [-0.3, -0.25) is 14.3 Å². The molecule has 158 valence electrons. The predicted octanol–water partition coefficient (Wildman–Crippen LogP) is 3.39. The van der Waals surface area contributed by atoms with Gasteiger partial charge in [0, 0.05) is 12.5 Å². The second kappa shape index (κ2) is 7.34. The third-order valence-corrected chi connectivity index (χ3v) is 6.57. The number of carbonyl (C=O) groups excluding carboxylic acids is 1. The summed E-state index contributed by atoms with van der Waals surface area (Å²) in [6.45, 7) is 2.30. The lowest BCUT2D eigenvalue weighted by atomic mass is 9.78. The third kappa shape index (κ3) is 2.95. The zero-order chi connectivity index (χ0) is 21.7. The number of aromatic hydroxyl groups is 1. The molecule has 2 aliphatic heterocycles. The molecular weight excluding hydrogens is 397 g/mol. The van der Waals surface area contributed by atoms with E-state index in [1.807, 2.05) is 36.4 Å². The van der Waals surface area contributed by atoms with E-state index in [0.717, 1.165) is 30.2 Å². The zero-order valence-electron chi connectivity index (χ0n) is 17.0. The lowest BCUT2D eigenvalue weighted by Crippen LogP contribution is -2.51. The molecule has 1 saturated heterocycles. The molecule has 31 heavy (non-hydrogen) atoms. The molecule has 0 saturated carbocycles. The Balaban J connectivity index is 1.81. The molecule has 3 atom stereocenters. The molecular formula is C24H22FN3O3. The Morgan fingerprint density at radius 2 is 1.90 bits per heavy atom. The van der Waals surface area contributed by atoms with Crippen LogP contribution in [0.15, 0.2) is 59.5 Å². The monoisotopic (exact) mass is 419 g/mol. The van der Waals surface area contributed by atoms with E-state index in [4.69, 9.17) is 0 Å². The van der Waals surface area contributed by atoms with Crippen LogP contribution in [0.3, 0.4) is 0 Å². The van der Waals surface area contributed by atoms with E-state index >= 15 is 0 Å². The largest absolute Gasteiger partial charge is 0.502 e. The highest BCUT2D eigenvalue weighted by Gasteiger charge is 2.48. The van der Waals surface area contributed by atoms with Crippen molar-refractivity contribution in [2.75, 3.05) is 6.54 Å². The SMILES string of the molecule is Cc1c(F)cccc1[C@@H](c1ccccc1)[C@H]1[C@H]2CCCN2C(=O)c2c(O)c(=O)cnn21. The van der Waals surface area contributed by atoms with Crippen LogP contribution in [0.4, 0.5) is 4.39 Å². The smallest absolute Gasteiger partial charge is 0.276 e. The molecule has 6 nitrogen and oxygen atoms in total. The van der Waals surface area contributed by atoms with Gasteiger partial charge in [0.15, 0.2) is 11.4 Å². The van der Waals surface area contributed by atoms with Crippen LogP contribution in [0.25, 0.3) is 0 Å². The van der Waals surface area contributed by atoms with Gasteiger partial charge in [-0.25, -0.2) is 4.39 Å². The van der Waals surface area contributed by atoms with Crippen LogP contribution >= 0.6 is 0 Å². The molecule has 0 spiro atoms. The average Bonchev–Trinajstić information content (AvgIpc) is 3.26. The average molecular weight is 419 g/mol. The van der Waals surface area contributed by atoms with Crippen molar-refractivity contribution in [2.24, 2.45) is 0 Å². The van der Waals surface area contributed by atoms with E-state index in [-0.39, 0.29) is 29.4 Å². The normalized spacial score (nSPS) is 21.0. The van der Waals surface area contributed by atoms with Gasteiger partial charge in [-0.05, 0) is 42.5 Å². The summed E-state index contributed by atoms with van der Waals surface area (Å²) in [7, 11) is 0. The minimum absolute atomic E-state index is 0.0920. The van der Waals surface area contributed by atoms with Gasteiger partial charge in [0.25, 0.3) is 5.91 Å². The number of carbonyl (C=O) groups is 1. The second-order valence-corrected chi connectivity index (χ2v) is 8.19. The quantitative estimate of drug-likeness (QED) is 0.706. The molecule has 2 aliphatic rings. The molecule has 5 rings (SSSR count). The summed E-state index contributed by atoms with van der Waals surface area (Å²) in [6, 6.07) is 14.2. The highest BCUT2D eigenvalue weighted by Crippen LogP contribution is 2.46. The van der Waals surface area contributed by atoms with Crippen molar-refractivity contribution in [1.29, 1.82) is 0 Å². The summed E-state index contributed by atoms with van der Waals surface area (Å²) >= 11 is 0. The van der Waals surface area contributed by atoms with Gasteiger partial charge in [0.1, 0.15) is 5.82 Å². The van der Waals surface area contributed by atoms with Crippen LogP contribution in [-0.2, 0) is 0 Å². The molecule has 0 radical (unpaired) electrons. The van der Waals surface area contributed by atoms with E-state index in [1.165, 1.54) is 10.7 Å². The standard InChI is InChI=1S/C24H22FN3O3/c1-14-16(9-5-10-17(14)25)20(15-7-3-2-4-8-15)21-18-11-6-12-27(18)24(31)22-23(30)19(29)13-26-28(21)22/h2-5,7-10,13,18,20-21,30H,6,11-12H2,1H3/t18-,20-,21-/m1/s1. The van der Waals surface area contributed by atoms with Gasteiger partial charge in [-0.1, -0.05) is 42.5 Å². The van der Waals surface area contributed by atoms with Crippen LogP contribution in [0.5, 0.6) is 5.75 Å². The number of fused-ring (bicyclic) bond motifs is 2. The number of benzene rings is 2. The Morgan fingerprint density at radius 3 is 2.68 bits per heavy atom. The van der Waals surface area contributed by atoms with Crippen LogP contribution in [0.1, 0.15) is 52.0 Å². The van der Waals surface area contributed by atoms with Crippen LogP contribution < -0.4 is 5.43 Å². The number of hydrogen-bond donors (Lipinski definition) is 1. The summed E-state index contributed by atoms with van der Waals surface area (Å²) in [5, 5.41) is 14.8. The van der Waals surface area contributed by atoms with Crippen molar-refractivity contribution >= 4 is 5.91 Å². The van der Waals surface area contributed by atoms with Crippen molar-refractivity contribution in [1.82, 2.24) is 14.7 Å². The Morgan fingerprint density at radius 1 is 1.13 bits per heavy atom. The minimum Gasteiger partial charge on any atom is -0.502 e. The Bertz CT molecular complexity index is 1220. The van der Waals surface area contributed by atoms with Gasteiger partial charge in [0.05, 0.1) is 18.3 Å². The van der Waals surface area contributed by atoms with Crippen molar-refractivity contribution in [3.05, 3.63) is 93.2 Å². The second-order valence-electron chi connectivity index (χ2n) is 8.19. The van der Waals surface area contributed by atoms with Gasteiger partial charge in [0.2, 0.25) is 5.43 Å². The predicted molar refractivity (Wildman–Crippen MR) is 113 cm³/mol. The summed E-state index contributed by atoms with van der Waals surface area (Å²) in [5.41, 5.74) is 1.50. The fourth-order valence-electron chi connectivity index (χ4n) is 5.13. The first-order chi connectivity index (χ1) is 15.0. The van der Waals surface area contributed by atoms with Gasteiger partial charge in [-0.15, -0.1) is 0 Å². The molecule has 0 bridgehead atoms. The number of aromatic nitrogens is 2. The Hall–Kier alpha value is -3.48.